The second-order valence-electron chi connectivity index (χ2n) is 7.35. The minimum atomic E-state index is 0.483. The van der Waals surface area contributed by atoms with Crippen molar-refractivity contribution in [2.75, 3.05) is 13.1 Å². The van der Waals surface area contributed by atoms with Gasteiger partial charge in [-0.1, -0.05) is 13.8 Å². The molecule has 0 bridgehead atoms. The highest BCUT2D eigenvalue weighted by Crippen LogP contribution is 2.60. The molecule has 19 heavy (non-hydrogen) atoms. The summed E-state index contributed by atoms with van der Waals surface area (Å²) in [6.45, 7) is 6.88. The number of fused-ring (bicyclic) bond motifs is 1. The van der Waals surface area contributed by atoms with Crippen molar-refractivity contribution in [3.05, 3.63) is 18.0 Å². The Labute approximate surface area is 116 Å². The summed E-state index contributed by atoms with van der Waals surface area (Å²) in [5.41, 5.74) is 1.76. The predicted molar refractivity (Wildman–Crippen MR) is 77.9 cm³/mol. The smallest absolute Gasteiger partial charge is 0.0630 e. The molecule has 106 valence electrons. The summed E-state index contributed by atoms with van der Waals surface area (Å²) in [5.74, 6) is 2.80. The minimum Gasteiger partial charge on any atom is -0.316 e. The number of rotatable bonds is 6. The van der Waals surface area contributed by atoms with Gasteiger partial charge in [0.25, 0.3) is 0 Å². The van der Waals surface area contributed by atoms with Gasteiger partial charge < -0.3 is 5.32 Å². The lowest BCUT2D eigenvalue weighted by molar-refractivity contribution is 0.242. The molecule has 2 saturated carbocycles. The first-order valence-corrected chi connectivity index (χ1v) is 7.76. The molecule has 0 spiro atoms. The normalized spacial score (nSPS) is 32.8. The van der Waals surface area contributed by atoms with E-state index in [1.54, 1.807) is 0 Å². The van der Waals surface area contributed by atoms with Crippen molar-refractivity contribution in [2.45, 2.75) is 39.5 Å². The van der Waals surface area contributed by atoms with E-state index in [1.165, 1.54) is 31.5 Å². The van der Waals surface area contributed by atoms with Gasteiger partial charge in [-0.2, -0.15) is 5.10 Å². The van der Waals surface area contributed by atoms with E-state index in [4.69, 9.17) is 0 Å². The summed E-state index contributed by atoms with van der Waals surface area (Å²) in [7, 11) is 2.01. The van der Waals surface area contributed by atoms with Crippen molar-refractivity contribution in [2.24, 2.45) is 30.2 Å². The van der Waals surface area contributed by atoms with Gasteiger partial charge in [-0.3, -0.25) is 4.68 Å². The van der Waals surface area contributed by atoms with Crippen molar-refractivity contribution < 1.29 is 0 Å². The molecule has 3 rings (SSSR count). The Morgan fingerprint density at radius 2 is 2.16 bits per heavy atom. The van der Waals surface area contributed by atoms with Crippen LogP contribution in [0.15, 0.2) is 12.3 Å². The number of nitrogens with one attached hydrogen (secondary N) is 1. The van der Waals surface area contributed by atoms with Crippen LogP contribution in [-0.4, -0.2) is 22.9 Å². The summed E-state index contributed by atoms with van der Waals surface area (Å²) in [5, 5.41) is 8.29. The molecule has 0 amide bonds. The molecular formula is C16H27N3. The molecule has 2 atom stereocenters. The Kier molecular flexibility index (Phi) is 3.42. The Bertz CT molecular complexity index is 425. The highest BCUT2D eigenvalue weighted by molar-refractivity contribution is 5.11. The van der Waals surface area contributed by atoms with Crippen LogP contribution in [0.25, 0.3) is 0 Å². The van der Waals surface area contributed by atoms with E-state index in [1.807, 2.05) is 11.7 Å². The molecule has 1 aromatic heterocycles. The monoisotopic (exact) mass is 261 g/mol. The van der Waals surface area contributed by atoms with Crippen molar-refractivity contribution in [3.63, 3.8) is 0 Å². The molecule has 2 fully saturated rings. The van der Waals surface area contributed by atoms with Gasteiger partial charge in [0, 0.05) is 19.8 Å². The third kappa shape index (κ3) is 3.02. The highest BCUT2D eigenvalue weighted by Gasteiger charge is 2.53. The second-order valence-corrected chi connectivity index (χ2v) is 7.35. The van der Waals surface area contributed by atoms with Crippen molar-refractivity contribution >= 4 is 0 Å². The van der Waals surface area contributed by atoms with E-state index in [2.05, 4.69) is 36.5 Å². The predicted octanol–water partition coefficient (Wildman–Crippen LogP) is 2.62. The average molecular weight is 261 g/mol. The van der Waals surface area contributed by atoms with Crippen LogP contribution in [0.2, 0.25) is 0 Å². The number of hydrogen-bond donors (Lipinski definition) is 1. The van der Waals surface area contributed by atoms with Gasteiger partial charge in [0.2, 0.25) is 0 Å². The lowest BCUT2D eigenvalue weighted by Crippen LogP contribution is -2.37. The zero-order chi connectivity index (χ0) is 13.5. The van der Waals surface area contributed by atoms with Gasteiger partial charge in [-0.05, 0) is 61.5 Å². The molecule has 3 nitrogen and oxygen atoms in total. The summed E-state index contributed by atoms with van der Waals surface area (Å²) in [6.07, 6.45) is 7.55. The fraction of sp³-hybridized carbons (Fsp3) is 0.812. The second kappa shape index (κ2) is 4.93. The molecule has 3 heteroatoms. The van der Waals surface area contributed by atoms with Crippen LogP contribution in [0.4, 0.5) is 0 Å². The first-order chi connectivity index (χ1) is 9.06. The fourth-order valence-corrected chi connectivity index (χ4v) is 3.92. The maximum absolute atomic E-state index is 4.59. The SMILES string of the molecule is CC(C)CNCC1(Cc2ccn(C)n2)CC2CC2C1. The molecule has 1 N–H and O–H groups in total. The number of aryl methyl sites for hydroxylation is 1. The number of hydrogen-bond acceptors (Lipinski definition) is 2. The molecule has 2 aliphatic rings. The Hall–Kier alpha value is -0.830. The van der Waals surface area contributed by atoms with Crippen LogP contribution in [0.1, 0.15) is 38.8 Å². The van der Waals surface area contributed by atoms with Gasteiger partial charge in [0.15, 0.2) is 0 Å². The summed E-state index contributed by atoms with van der Waals surface area (Å²) < 4.78 is 1.93. The molecular weight excluding hydrogens is 234 g/mol. The quantitative estimate of drug-likeness (QED) is 0.853. The minimum absolute atomic E-state index is 0.483. The number of aromatic nitrogens is 2. The van der Waals surface area contributed by atoms with E-state index >= 15 is 0 Å². The number of nitrogens with zero attached hydrogens (tertiary/aromatic N) is 2. The molecule has 1 aromatic rings. The first-order valence-electron chi connectivity index (χ1n) is 7.76. The van der Waals surface area contributed by atoms with E-state index in [9.17, 15) is 0 Å². The summed E-state index contributed by atoms with van der Waals surface area (Å²) in [6, 6.07) is 2.19. The molecule has 0 aliphatic heterocycles. The molecule has 0 radical (unpaired) electrons. The van der Waals surface area contributed by atoms with Crippen molar-refractivity contribution in [1.82, 2.24) is 15.1 Å². The Balaban J connectivity index is 1.63. The lowest BCUT2D eigenvalue weighted by atomic mass is 9.78. The van der Waals surface area contributed by atoms with E-state index in [-0.39, 0.29) is 0 Å². The van der Waals surface area contributed by atoms with E-state index in [0.29, 0.717) is 5.41 Å². The maximum Gasteiger partial charge on any atom is 0.0630 e. The maximum atomic E-state index is 4.59. The van der Waals surface area contributed by atoms with E-state index in [0.717, 1.165) is 30.7 Å². The van der Waals surface area contributed by atoms with Crippen LogP contribution >= 0.6 is 0 Å². The largest absolute Gasteiger partial charge is 0.316 e. The van der Waals surface area contributed by atoms with Crippen LogP contribution in [0.5, 0.6) is 0 Å². The van der Waals surface area contributed by atoms with Crippen LogP contribution in [0, 0.1) is 23.2 Å². The first kappa shape index (κ1) is 13.2. The highest BCUT2D eigenvalue weighted by atomic mass is 15.2. The van der Waals surface area contributed by atoms with Crippen LogP contribution in [0.3, 0.4) is 0 Å². The Morgan fingerprint density at radius 1 is 1.42 bits per heavy atom. The van der Waals surface area contributed by atoms with Crippen LogP contribution < -0.4 is 5.32 Å². The zero-order valence-corrected chi connectivity index (χ0v) is 12.5. The average Bonchev–Trinajstić information content (AvgIpc) is 2.75. The molecule has 2 aliphatic carbocycles. The van der Waals surface area contributed by atoms with Gasteiger partial charge in [-0.15, -0.1) is 0 Å². The molecule has 1 heterocycles. The van der Waals surface area contributed by atoms with Gasteiger partial charge in [0.1, 0.15) is 0 Å². The van der Waals surface area contributed by atoms with E-state index < -0.39 is 0 Å². The van der Waals surface area contributed by atoms with Gasteiger partial charge in [-0.25, -0.2) is 0 Å². The summed E-state index contributed by atoms with van der Waals surface area (Å²) in [4.78, 5) is 0. The molecule has 0 aromatic carbocycles. The standard InChI is InChI=1S/C16H27N3/c1-12(2)10-17-11-16(7-13-6-14(13)8-16)9-15-4-5-19(3)18-15/h4-5,12-14,17H,6-11H2,1-3H3. The molecule has 0 saturated heterocycles. The fourth-order valence-electron chi connectivity index (χ4n) is 3.92. The third-order valence-electron chi connectivity index (χ3n) is 4.84. The van der Waals surface area contributed by atoms with Crippen molar-refractivity contribution in [3.8, 4) is 0 Å². The Morgan fingerprint density at radius 3 is 2.74 bits per heavy atom. The lowest BCUT2D eigenvalue weighted by Gasteiger charge is -2.31. The van der Waals surface area contributed by atoms with Crippen LogP contribution in [-0.2, 0) is 13.5 Å². The third-order valence-corrected chi connectivity index (χ3v) is 4.84. The zero-order valence-electron chi connectivity index (χ0n) is 12.5. The molecule has 2 unspecified atom stereocenters. The van der Waals surface area contributed by atoms with Gasteiger partial charge in [0.05, 0.1) is 5.69 Å². The van der Waals surface area contributed by atoms with Crippen molar-refractivity contribution in [1.29, 1.82) is 0 Å². The summed E-state index contributed by atoms with van der Waals surface area (Å²) >= 11 is 0. The van der Waals surface area contributed by atoms with Gasteiger partial charge >= 0.3 is 0 Å². The topological polar surface area (TPSA) is 29.9 Å².